The van der Waals surface area contributed by atoms with Crippen LogP contribution in [0.15, 0.2) is 18.2 Å². The third kappa shape index (κ3) is 2.34. The van der Waals surface area contributed by atoms with Gasteiger partial charge in [0.1, 0.15) is 5.75 Å². The van der Waals surface area contributed by atoms with Crippen molar-refractivity contribution in [1.82, 2.24) is 0 Å². The summed E-state index contributed by atoms with van der Waals surface area (Å²) in [5, 5.41) is 17.1. The lowest BCUT2D eigenvalue weighted by molar-refractivity contribution is 0.0693. The SMILES string of the molecule is Nc1cc(OCO)cc(C(=O)O)c1. The summed E-state index contributed by atoms with van der Waals surface area (Å²) in [6.07, 6.45) is 0. The van der Waals surface area contributed by atoms with Gasteiger partial charge in [0, 0.05) is 11.8 Å². The molecule has 0 aromatic heterocycles. The van der Waals surface area contributed by atoms with Crippen molar-refractivity contribution in [2.24, 2.45) is 0 Å². The average Bonchev–Trinajstić information content (AvgIpc) is 2.03. The van der Waals surface area contributed by atoms with E-state index in [1.54, 1.807) is 0 Å². The number of nitrogen functional groups attached to an aromatic ring is 1. The maximum Gasteiger partial charge on any atom is 0.335 e. The fourth-order valence-electron chi connectivity index (χ4n) is 0.903. The minimum absolute atomic E-state index is 0.0310. The second-order valence-corrected chi connectivity index (χ2v) is 2.37. The number of nitrogens with two attached hydrogens (primary N) is 1. The van der Waals surface area contributed by atoms with Crippen LogP contribution in [0.1, 0.15) is 10.4 Å². The van der Waals surface area contributed by atoms with Gasteiger partial charge in [0.2, 0.25) is 0 Å². The van der Waals surface area contributed by atoms with E-state index in [0.717, 1.165) is 0 Å². The number of aliphatic hydroxyl groups is 1. The van der Waals surface area contributed by atoms with E-state index in [9.17, 15) is 4.79 Å². The Labute approximate surface area is 74.4 Å². The number of benzene rings is 1. The number of hydrogen-bond donors (Lipinski definition) is 3. The quantitative estimate of drug-likeness (QED) is 0.462. The van der Waals surface area contributed by atoms with Gasteiger partial charge in [-0.05, 0) is 12.1 Å². The maximum atomic E-state index is 10.5. The number of hydrogen-bond acceptors (Lipinski definition) is 4. The van der Waals surface area contributed by atoms with Crippen LogP contribution in [0, 0.1) is 0 Å². The normalized spacial score (nSPS) is 9.62. The first-order chi connectivity index (χ1) is 6.13. The van der Waals surface area contributed by atoms with Crippen molar-refractivity contribution in [3.63, 3.8) is 0 Å². The zero-order valence-electron chi connectivity index (χ0n) is 6.73. The summed E-state index contributed by atoms with van der Waals surface area (Å²) in [6, 6.07) is 4.03. The first kappa shape index (κ1) is 9.34. The predicted octanol–water partition coefficient (Wildman–Crippen LogP) is 0.296. The Morgan fingerprint density at radius 1 is 1.46 bits per heavy atom. The van der Waals surface area contributed by atoms with E-state index in [1.807, 2.05) is 0 Å². The van der Waals surface area contributed by atoms with Gasteiger partial charge < -0.3 is 20.7 Å². The lowest BCUT2D eigenvalue weighted by Gasteiger charge is -2.04. The number of anilines is 1. The van der Waals surface area contributed by atoms with Gasteiger partial charge in [0.25, 0.3) is 0 Å². The highest BCUT2D eigenvalue weighted by molar-refractivity contribution is 5.89. The lowest BCUT2D eigenvalue weighted by atomic mass is 10.2. The highest BCUT2D eigenvalue weighted by atomic mass is 16.6. The first-order valence-electron chi connectivity index (χ1n) is 3.51. The van der Waals surface area contributed by atoms with E-state index in [1.165, 1.54) is 18.2 Å². The van der Waals surface area contributed by atoms with Gasteiger partial charge in [0.15, 0.2) is 6.79 Å². The molecule has 13 heavy (non-hydrogen) atoms. The Bertz CT molecular complexity index is 324. The van der Waals surface area contributed by atoms with Crippen LogP contribution in [0.4, 0.5) is 5.69 Å². The molecule has 0 aliphatic rings. The van der Waals surface area contributed by atoms with Gasteiger partial charge in [-0.1, -0.05) is 0 Å². The summed E-state index contributed by atoms with van der Waals surface area (Å²) in [5.74, 6) is -0.852. The van der Waals surface area contributed by atoms with Crippen LogP contribution >= 0.6 is 0 Å². The van der Waals surface area contributed by atoms with Crippen LogP contribution in [0.5, 0.6) is 5.75 Å². The van der Waals surface area contributed by atoms with E-state index in [4.69, 9.17) is 15.9 Å². The summed E-state index contributed by atoms with van der Waals surface area (Å²) in [6.45, 7) is -0.511. The van der Waals surface area contributed by atoms with Gasteiger partial charge in [0.05, 0.1) is 5.56 Å². The molecule has 0 heterocycles. The van der Waals surface area contributed by atoms with Crippen LogP contribution in [0.3, 0.4) is 0 Å². The maximum absolute atomic E-state index is 10.5. The smallest absolute Gasteiger partial charge is 0.335 e. The number of aromatic carboxylic acids is 1. The minimum Gasteiger partial charge on any atom is -0.478 e. The largest absolute Gasteiger partial charge is 0.478 e. The summed E-state index contributed by atoms with van der Waals surface area (Å²) in [5.41, 5.74) is 5.71. The van der Waals surface area contributed by atoms with Crippen molar-refractivity contribution in [3.8, 4) is 5.75 Å². The third-order valence-corrected chi connectivity index (χ3v) is 1.41. The molecule has 0 aliphatic carbocycles. The van der Waals surface area contributed by atoms with Crippen LogP contribution < -0.4 is 10.5 Å². The molecule has 0 radical (unpaired) electrons. The average molecular weight is 183 g/mol. The van der Waals surface area contributed by atoms with E-state index in [-0.39, 0.29) is 17.0 Å². The molecule has 0 spiro atoms. The van der Waals surface area contributed by atoms with E-state index in [0.29, 0.717) is 0 Å². The molecule has 0 saturated heterocycles. The van der Waals surface area contributed by atoms with Gasteiger partial charge in [-0.2, -0.15) is 0 Å². The number of ether oxygens (including phenoxy) is 1. The van der Waals surface area contributed by atoms with Gasteiger partial charge in [-0.3, -0.25) is 0 Å². The molecule has 0 atom stereocenters. The fourth-order valence-corrected chi connectivity index (χ4v) is 0.903. The molecule has 0 amide bonds. The first-order valence-corrected chi connectivity index (χ1v) is 3.51. The van der Waals surface area contributed by atoms with Crippen molar-refractivity contribution < 1.29 is 19.7 Å². The Morgan fingerprint density at radius 3 is 2.69 bits per heavy atom. The zero-order valence-corrected chi connectivity index (χ0v) is 6.73. The van der Waals surface area contributed by atoms with Crippen LogP contribution in [0.2, 0.25) is 0 Å². The summed E-state index contributed by atoms with van der Waals surface area (Å²) in [7, 11) is 0. The highest BCUT2D eigenvalue weighted by Gasteiger charge is 2.05. The number of carboxylic acids is 1. The van der Waals surface area contributed by atoms with Crippen molar-refractivity contribution >= 4 is 11.7 Å². The van der Waals surface area contributed by atoms with E-state index in [2.05, 4.69) is 4.74 Å². The summed E-state index contributed by atoms with van der Waals surface area (Å²) in [4.78, 5) is 10.5. The molecule has 0 bridgehead atoms. The third-order valence-electron chi connectivity index (χ3n) is 1.41. The Kier molecular flexibility index (Phi) is 2.71. The van der Waals surface area contributed by atoms with Crippen molar-refractivity contribution in [3.05, 3.63) is 23.8 Å². The van der Waals surface area contributed by atoms with Crippen LogP contribution in [-0.4, -0.2) is 23.0 Å². The molecule has 0 aliphatic heterocycles. The molecule has 4 N–H and O–H groups in total. The number of carboxylic acid groups (broad SMARTS) is 1. The highest BCUT2D eigenvalue weighted by Crippen LogP contribution is 2.18. The van der Waals surface area contributed by atoms with Crippen molar-refractivity contribution in [2.75, 3.05) is 12.5 Å². The standard InChI is InChI=1S/C8H9NO4/c9-6-1-5(8(11)12)2-7(3-6)13-4-10/h1-3,10H,4,9H2,(H,11,12). The van der Waals surface area contributed by atoms with Crippen molar-refractivity contribution in [1.29, 1.82) is 0 Å². The second kappa shape index (κ2) is 3.77. The molecule has 1 aromatic rings. The van der Waals surface area contributed by atoms with E-state index < -0.39 is 12.8 Å². The molecule has 0 fully saturated rings. The molecule has 0 unspecified atom stereocenters. The van der Waals surface area contributed by atoms with Gasteiger partial charge in [-0.15, -0.1) is 0 Å². The van der Waals surface area contributed by atoms with E-state index >= 15 is 0 Å². The van der Waals surface area contributed by atoms with Crippen LogP contribution in [0.25, 0.3) is 0 Å². The molecule has 70 valence electrons. The number of aliphatic hydroxyl groups excluding tert-OH is 1. The zero-order chi connectivity index (χ0) is 9.84. The minimum atomic E-state index is -1.09. The van der Waals surface area contributed by atoms with Gasteiger partial charge >= 0.3 is 5.97 Å². The number of carbonyl (C=O) groups is 1. The topological polar surface area (TPSA) is 92.8 Å². The molecule has 0 saturated carbocycles. The summed E-state index contributed by atoms with van der Waals surface area (Å²) >= 11 is 0. The molecule has 5 nitrogen and oxygen atoms in total. The molecule has 1 aromatic carbocycles. The Balaban J connectivity index is 3.03. The monoisotopic (exact) mass is 183 g/mol. The molecular weight excluding hydrogens is 174 g/mol. The Morgan fingerprint density at radius 2 is 2.15 bits per heavy atom. The second-order valence-electron chi connectivity index (χ2n) is 2.37. The number of rotatable bonds is 3. The molecule has 1 rings (SSSR count). The molecular formula is C8H9NO4. The fraction of sp³-hybridized carbons (Fsp3) is 0.125. The Hall–Kier alpha value is -1.75. The van der Waals surface area contributed by atoms with Crippen molar-refractivity contribution in [2.45, 2.75) is 0 Å². The van der Waals surface area contributed by atoms with Crippen LogP contribution in [-0.2, 0) is 0 Å². The predicted molar refractivity (Wildman–Crippen MR) is 45.5 cm³/mol. The molecule has 5 heteroatoms. The lowest BCUT2D eigenvalue weighted by Crippen LogP contribution is -2.01. The summed E-state index contributed by atoms with van der Waals surface area (Å²) < 4.78 is 4.69. The van der Waals surface area contributed by atoms with Gasteiger partial charge in [-0.25, -0.2) is 4.79 Å².